The van der Waals surface area contributed by atoms with Crippen LogP contribution in [0.15, 0.2) is 22.7 Å². The third-order valence-corrected chi connectivity index (χ3v) is 3.54. The maximum atomic E-state index is 14.0. The average molecular weight is 388 g/mol. The highest BCUT2D eigenvalue weighted by atomic mass is 79.9. The second-order valence-electron chi connectivity index (χ2n) is 4.15. The van der Waals surface area contributed by atoms with Gasteiger partial charge in [-0.15, -0.1) is 0 Å². The monoisotopic (exact) mass is 387 g/mol. The summed E-state index contributed by atoms with van der Waals surface area (Å²) in [6.45, 7) is 0. The van der Waals surface area contributed by atoms with E-state index < -0.39 is 39.5 Å². The number of nitriles is 1. The van der Waals surface area contributed by atoms with E-state index in [0.29, 0.717) is 0 Å². The van der Waals surface area contributed by atoms with E-state index in [4.69, 9.17) is 15.7 Å². The van der Waals surface area contributed by atoms with Gasteiger partial charge in [0.1, 0.15) is 23.3 Å². The predicted molar refractivity (Wildman–Crippen MR) is 76.3 cm³/mol. The van der Waals surface area contributed by atoms with Crippen LogP contribution in [0.3, 0.4) is 0 Å². The fourth-order valence-electron chi connectivity index (χ4n) is 1.68. The molecule has 6 nitrogen and oxygen atoms in total. The number of nitro benzene ring substituents is 1. The zero-order valence-electron chi connectivity index (χ0n) is 10.9. The van der Waals surface area contributed by atoms with Gasteiger partial charge in [-0.1, -0.05) is 0 Å². The molecule has 2 N–H and O–H groups in total. The van der Waals surface area contributed by atoms with Gasteiger partial charge in [-0.3, -0.25) is 10.1 Å². The molecular formula is C13H5BrF3N3O3. The van der Waals surface area contributed by atoms with Crippen LogP contribution in [0, 0.1) is 38.9 Å². The van der Waals surface area contributed by atoms with Crippen LogP contribution < -0.4 is 10.5 Å². The molecule has 0 aliphatic rings. The van der Waals surface area contributed by atoms with Crippen LogP contribution in [0.5, 0.6) is 11.5 Å². The van der Waals surface area contributed by atoms with Crippen molar-refractivity contribution in [3.8, 4) is 17.6 Å². The van der Waals surface area contributed by atoms with Gasteiger partial charge >= 0.3 is 5.69 Å². The van der Waals surface area contributed by atoms with Crippen LogP contribution in [0.1, 0.15) is 5.56 Å². The molecule has 0 fully saturated rings. The van der Waals surface area contributed by atoms with Crippen molar-refractivity contribution in [2.24, 2.45) is 0 Å². The Hall–Kier alpha value is -2.80. The minimum Gasteiger partial charge on any atom is -0.453 e. The van der Waals surface area contributed by atoms with E-state index in [9.17, 15) is 23.3 Å². The van der Waals surface area contributed by atoms with Crippen molar-refractivity contribution in [1.82, 2.24) is 0 Å². The first-order chi connectivity index (χ1) is 10.8. The number of nitrogen functional groups attached to an aromatic ring is 1. The van der Waals surface area contributed by atoms with E-state index in [2.05, 4.69) is 15.9 Å². The third kappa shape index (κ3) is 2.91. The second-order valence-corrected chi connectivity index (χ2v) is 4.94. The number of rotatable bonds is 3. The number of nitro groups is 1. The van der Waals surface area contributed by atoms with Gasteiger partial charge in [0.15, 0.2) is 5.75 Å². The topological polar surface area (TPSA) is 102 Å². The average Bonchev–Trinajstić information content (AvgIpc) is 2.51. The molecule has 0 aliphatic carbocycles. The molecule has 0 bridgehead atoms. The minimum absolute atomic E-state index is 0.185. The Morgan fingerprint density at radius 3 is 2.52 bits per heavy atom. The van der Waals surface area contributed by atoms with Crippen molar-refractivity contribution in [3.63, 3.8) is 0 Å². The molecule has 118 valence electrons. The van der Waals surface area contributed by atoms with E-state index in [0.717, 1.165) is 18.2 Å². The fraction of sp³-hybridized carbons (Fsp3) is 0. The molecule has 23 heavy (non-hydrogen) atoms. The Bertz CT molecular complexity index is 839. The van der Waals surface area contributed by atoms with Crippen molar-refractivity contribution >= 4 is 27.3 Å². The molecule has 2 rings (SSSR count). The van der Waals surface area contributed by atoms with Crippen molar-refractivity contribution < 1.29 is 22.8 Å². The van der Waals surface area contributed by atoms with Crippen molar-refractivity contribution in [2.75, 3.05) is 5.73 Å². The van der Waals surface area contributed by atoms with Gasteiger partial charge in [-0.25, -0.2) is 4.39 Å². The number of anilines is 1. The minimum atomic E-state index is -1.80. The first kappa shape index (κ1) is 16.6. The Morgan fingerprint density at radius 1 is 1.30 bits per heavy atom. The summed E-state index contributed by atoms with van der Waals surface area (Å²) in [6, 6.07) is 4.46. The van der Waals surface area contributed by atoms with Gasteiger partial charge in [-0.05, 0) is 28.1 Å². The molecule has 0 atom stereocenters. The fourth-order valence-corrected chi connectivity index (χ4v) is 2.13. The van der Waals surface area contributed by atoms with Crippen molar-refractivity contribution in [3.05, 3.63) is 55.8 Å². The maximum Gasteiger partial charge on any atom is 0.331 e. The lowest BCUT2D eigenvalue weighted by Crippen LogP contribution is -2.05. The number of halogens is 4. The highest BCUT2D eigenvalue weighted by molar-refractivity contribution is 9.10. The highest BCUT2D eigenvalue weighted by Gasteiger charge is 2.31. The number of nitrogens with two attached hydrogens (primary N) is 1. The molecule has 0 aliphatic heterocycles. The molecule has 2 aromatic carbocycles. The van der Waals surface area contributed by atoms with Gasteiger partial charge < -0.3 is 10.5 Å². The number of nitrogens with zero attached hydrogens (tertiary/aromatic N) is 2. The van der Waals surface area contributed by atoms with E-state index >= 15 is 0 Å². The largest absolute Gasteiger partial charge is 0.453 e. The second kappa shape index (κ2) is 6.13. The summed E-state index contributed by atoms with van der Waals surface area (Å²) in [5, 5.41) is 19.4. The molecule has 2 aromatic rings. The summed E-state index contributed by atoms with van der Waals surface area (Å²) in [4.78, 5) is 9.54. The van der Waals surface area contributed by atoms with E-state index in [1.54, 1.807) is 6.07 Å². The molecule has 0 heterocycles. The molecule has 0 aromatic heterocycles. The van der Waals surface area contributed by atoms with Gasteiger partial charge in [0, 0.05) is 6.07 Å². The van der Waals surface area contributed by atoms with Crippen LogP contribution in [-0.4, -0.2) is 4.92 Å². The number of hydrogen-bond acceptors (Lipinski definition) is 5. The summed E-state index contributed by atoms with van der Waals surface area (Å²) < 4.78 is 45.6. The number of ether oxygens (including phenoxy) is 1. The van der Waals surface area contributed by atoms with Gasteiger partial charge in [0.2, 0.25) is 11.6 Å². The third-order valence-electron chi connectivity index (χ3n) is 2.75. The standard InChI is InChI=1S/C13H5BrF3N3O3/c14-8-11(19)12(20(21)22)9(16)10(17)13(8)23-6-1-2-7(15)5(3-6)4-18/h1-3H,19H2. The smallest absolute Gasteiger partial charge is 0.331 e. The van der Waals surface area contributed by atoms with E-state index in [1.807, 2.05) is 0 Å². The molecule has 0 saturated carbocycles. The maximum absolute atomic E-state index is 14.0. The Kier molecular flexibility index (Phi) is 4.42. The Labute approximate surface area is 135 Å². The lowest BCUT2D eigenvalue weighted by Gasteiger charge is -2.12. The van der Waals surface area contributed by atoms with E-state index in [-0.39, 0.29) is 15.8 Å². The predicted octanol–water partition coefficient (Wildman–Crippen LogP) is 4.02. The summed E-state index contributed by atoms with van der Waals surface area (Å²) in [6.07, 6.45) is 0. The van der Waals surface area contributed by atoms with Crippen LogP contribution in [0.25, 0.3) is 0 Å². The summed E-state index contributed by atoms with van der Waals surface area (Å²) in [5.74, 6) is -5.22. The lowest BCUT2D eigenvalue weighted by atomic mass is 10.2. The Balaban J connectivity index is 2.58. The van der Waals surface area contributed by atoms with Crippen molar-refractivity contribution in [2.45, 2.75) is 0 Å². The molecule has 0 amide bonds. The summed E-state index contributed by atoms with van der Waals surface area (Å²) in [7, 11) is 0. The van der Waals surface area contributed by atoms with Gasteiger partial charge in [0.25, 0.3) is 0 Å². The van der Waals surface area contributed by atoms with Gasteiger partial charge in [-0.2, -0.15) is 14.0 Å². The molecule has 0 radical (unpaired) electrons. The van der Waals surface area contributed by atoms with Crippen LogP contribution >= 0.6 is 15.9 Å². The zero-order chi connectivity index (χ0) is 17.3. The lowest BCUT2D eigenvalue weighted by molar-refractivity contribution is -0.386. The number of hydrogen-bond donors (Lipinski definition) is 1. The number of benzene rings is 2. The SMILES string of the molecule is N#Cc1cc(Oc2c(F)c(F)c([N+](=O)[O-])c(N)c2Br)ccc1F. The first-order valence-corrected chi connectivity index (χ1v) is 6.55. The van der Waals surface area contributed by atoms with Crippen LogP contribution in [0.2, 0.25) is 0 Å². The zero-order valence-corrected chi connectivity index (χ0v) is 12.5. The highest BCUT2D eigenvalue weighted by Crippen LogP contribution is 2.43. The molecule has 0 spiro atoms. The summed E-state index contributed by atoms with van der Waals surface area (Å²) in [5.41, 5.74) is 3.11. The summed E-state index contributed by atoms with van der Waals surface area (Å²) >= 11 is 2.79. The molecule has 0 saturated heterocycles. The normalized spacial score (nSPS) is 10.2. The Morgan fingerprint density at radius 2 is 1.96 bits per heavy atom. The molecule has 0 unspecified atom stereocenters. The first-order valence-electron chi connectivity index (χ1n) is 5.75. The van der Waals surface area contributed by atoms with Crippen molar-refractivity contribution in [1.29, 1.82) is 5.26 Å². The van der Waals surface area contributed by atoms with Crippen LogP contribution in [-0.2, 0) is 0 Å². The van der Waals surface area contributed by atoms with E-state index in [1.165, 1.54) is 0 Å². The van der Waals surface area contributed by atoms with Crippen LogP contribution in [0.4, 0.5) is 24.5 Å². The van der Waals surface area contributed by atoms with Gasteiger partial charge in [0.05, 0.1) is 15.0 Å². The molecular weight excluding hydrogens is 383 g/mol. The molecule has 10 heteroatoms. The quantitative estimate of drug-likeness (QED) is 0.370.